The maximum atomic E-state index is 14.6. The summed E-state index contributed by atoms with van der Waals surface area (Å²) in [5.41, 5.74) is -2.11. The molecule has 1 saturated heterocycles. The molecule has 178 valence electrons. The van der Waals surface area contributed by atoms with E-state index in [2.05, 4.69) is 28.8 Å². The fraction of sp³-hybridized carbons (Fsp3) is 0.455. The van der Waals surface area contributed by atoms with Gasteiger partial charge < -0.3 is 14.7 Å². The lowest BCUT2D eigenvalue weighted by atomic mass is 10.0. The molecular weight excluding hydrogens is 447 g/mol. The van der Waals surface area contributed by atoms with E-state index in [0.717, 1.165) is 6.42 Å². The predicted octanol–water partition coefficient (Wildman–Crippen LogP) is 4.89. The van der Waals surface area contributed by atoms with Crippen LogP contribution in [0.2, 0.25) is 0 Å². The summed E-state index contributed by atoms with van der Waals surface area (Å²) in [4.78, 5) is 6.58. The van der Waals surface area contributed by atoms with Crippen molar-refractivity contribution in [1.82, 2.24) is 14.8 Å². The molecule has 11 heteroatoms. The molecule has 1 unspecified atom stereocenters. The Hall–Kier alpha value is -2.95. The summed E-state index contributed by atoms with van der Waals surface area (Å²) in [6.07, 6.45) is -2.83. The second-order valence-electron chi connectivity index (χ2n) is 8.53. The summed E-state index contributed by atoms with van der Waals surface area (Å²) in [6, 6.07) is 2.16. The Balaban J connectivity index is 1.82. The molecule has 0 aliphatic carbocycles. The molecule has 0 amide bonds. The summed E-state index contributed by atoms with van der Waals surface area (Å²) < 4.78 is 75.2. The number of hydrogen-bond donors (Lipinski definition) is 1. The third kappa shape index (κ3) is 4.21. The van der Waals surface area contributed by atoms with Crippen LogP contribution in [-0.2, 0) is 18.0 Å². The minimum absolute atomic E-state index is 0.109. The van der Waals surface area contributed by atoms with Gasteiger partial charge in [0.1, 0.15) is 11.5 Å². The van der Waals surface area contributed by atoms with E-state index in [0.29, 0.717) is 43.1 Å². The maximum Gasteiger partial charge on any atom is 0.419 e. The number of alkyl halides is 3. The minimum atomic E-state index is -5.12. The molecule has 1 aliphatic rings. The molecule has 1 aliphatic heterocycles. The van der Waals surface area contributed by atoms with E-state index in [1.54, 1.807) is 13.1 Å². The number of pyridine rings is 1. The van der Waals surface area contributed by atoms with E-state index in [9.17, 15) is 27.1 Å². The van der Waals surface area contributed by atoms with E-state index >= 15 is 0 Å². The van der Waals surface area contributed by atoms with Crippen molar-refractivity contribution in [1.29, 1.82) is 0 Å². The standard InChI is InChI=1S/C22H23F5N4O2/c1-11(2)6-12-10-33-5-4-31(12)17-8-16-14(9-28-17)20(29-30(16)3)13-7-15(22(25,26)27)19(24)21(32)18(13)23/h7-9,11-12,32H,4-6,10H2,1-3H3. The zero-order chi connectivity index (χ0) is 24.1. The van der Waals surface area contributed by atoms with Gasteiger partial charge in [-0.25, -0.2) is 13.8 Å². The first-order valence-corrected chi connectivity index (χ1v) is 10.4. The number of fused-ring (bicyclic) bond motifs is 1. The van der Waals surface area contributed by atoms with Crippen molar-refractivity contribution < 1.29 is 31.8 Å². The SMILES string of the molecule is CC(C)CC1COCCN1c1cc2c(cn1)c(-c1cc(C(F)(F)F)c(F)c(O)c1F)nn2C. The number of benzene rings is 1. The molecule has 0 radical (unpaired) electrons. The Morgan fingerprint density at radius 3 is 2.61 bits per heavy atom. The van der Waals surface area contributed by atoms with Crippen molar-refractivity contribution in [3.05, 3.63) is 35.5 Å². The van der Waals surface area contributed by atoms with Crippen LogP contribution in [-0.4, -0.2) is 45.7 Å². The van der Waals surface area contributed by atoms with Crippen LogP contribution in [0.15, 0.2) is 18.3 Å². The first-order chi connectivity index (χ1) is 15.5. The number of hydrogen-bond acceptors (Lipinski definition) is 5. The highest BCUT2D eigenvalue weighted by Crippen LogP contribution is 2.41. The van der Waals surface area contributed by atoms with Crippen LogP contribution in [0, 0.1) is 17.6 Å². The number of phenols is 1. The fourth-order valence-electron chi connectivity index (χ4n) is 4.20. The van der Waals surface area contributed by atoms with Crippen LogP contribution in [0.25, 0.3) is 22.2 Å². The molecule has 1 aromatic carbocycles. The van der Waals surface area contributed by atoms with Gasteiger partial charge in [-0.2, -0.15) is 18.3 Å². The number of aromatic nitrogens is 3. The second kappa shape index (κ2) is 8.44. The number of halogens is 5. The first-order valence-electron chi connectivity index (χ1n) is 10.4. The van der Waals surface area contributed by atoms with Crippen LogP contribution >= 0.6 is 0 Å². The molecule has 4 rings (SSSR count). The van der Waals surface area contributed by atoms with Crippen LogP contribution in [0.1, 0.15) is 25.8 Å². The monoisotopic (exact) mass is 470 g/mol. The zero-order valence-electron chi connectivity index (χ0n) is 18.2. The smallest absolute Gasteiger partial charge is 0.419 e. The molecule has 6 nitrogen and oxygen atoms in total. The Labute approximate surface area is 186 Å². The highest BCUT2D eigenvalue weighted by molar-refractivity contribution is 5.94. The molecular formula is C22H23F5N4O2. The Morgan fingerprint density at radius 1 is 1.21 bits per heavy atom. The number of morpholine rings is 1. The van der Waals surface area contributed by atoms with Gasteiger partial charge >= 0.3 is 6.18 Å². The number of nitrogens with zero attached hydrogens (tertiary/aromatic N) is 4. The van der Waals surface area contributed by atoms with Crippen molar-refractivity contribution in [3.8, 4) is 17.0 Å². The second-order valence-corrected chi connectivity index (χ2v) is 8.53. The molecule has 1 fully saturated rings. The van der Waals surface area contributed by atoms with E-state index in [1.165, 1.54) is 10.9 Å². The summed E-state index contributed by atoms with van der Waals surface area (Å²) in [5, 5.41) is 14.1. The molecule has 33 heavy (non-hydrogen) atoms. The van der Waals surface area contributed by atoms with Gasteiger partial charge in [0, 0.05) is 36.8 Å². The number of rotatable bonds is 4. The van der Waals surface area contributed by atoms with Gasteiger partial charge in [-0.15, -0.1) is 0 Å². The van der Waals surface area contributed by atoms with Gasteiger partial charge in [0.15, 0.2) is 17.4 Å². The molecule has 3 aromatic rings. The van der Waals surface area contributed by atoms with E-state index in [-0.39, 0.29) is 17.1 Å². The molecule has 0 saturated carbocycles. The minimum Gasteiger partial charge on any atom is -0.503 e. The van der Waals surface area contributed by atoms with Gasteiger partial charge in [-0.1, -0.05) is 13.8 Å². The van der Waals surface area contributed by atoms with E-state index in [1.807, 2.05) is 0 Å². The number of aryl methyl sites for hydroxylation is 1. The average molecular weight is 470 g/mol. The van der Waals surface area contributed by atoms with Gasteiger partial charge in [0.25, 0.3) is 0 Å². The largest absolute Gasteiger partial charge is 0.503 e. The van der Waals surface area contributed by atoms with Crippen LogP contribution < -0.4 is 4.90 Å². The molecule has 2 aromatic heterocycles. The molecule has 1 N–H and O–H groups in total. The van der Waals surface area contributed by atoms with Crippen molar-refractivity contribution in [2.75, 3.05) is 24.7 Å². The Morgan fingerprint density at radius 2 is 1.94 bits per heavy atom. The average Bonchev–Trinajstić information content (AvgIpc) is 3.07. The topological polar surface area (TPSA) is 63.4 Å². The van der Waals surface area contributed by atoms with Crippen LogP contribution in [0.4, 0.5) is 27.8 Å². The van der Waals surface area contributed by atoms with Crippen molar-refractivity contribution in [2.24, 2.45) is 13.0 Å². The lowest BCUT2D eigenvalue weighted by Crippen LogP contribution is -2.46. The normalized spacial score (nSPS) is 17.4. The predicted molar refractivity (Wildman–Crippen MR) is 112 cm³/mol. The number of aromatic hydroxyl groups is 1. The van der Waals surface area contributed by atoms with Crippen LogP contribution in [0.5, 0.6) is 5.75 Å². The number of anilines is 1. The molecule has 0 spiro atoms. The van der Waals surface area contributed by atoms with Crippen molar-refractivity contribution in [2.45, 2.75) is 32.5 Å². The summed E-state index contributed by atoms with van der Waals surface area (Å²) >= 11 is 0. The van der Waals surface area contributed by atoms with Gasteiger partial charge in [0.2, 0.25) is 0 Å². The summed E-state index contributed by atoms with van der Waals surface area (Å²) in [7, 11) is 1.56. The summed E-state index contributed by atoms with van der Waals surface area (Å²) in [6.45, 7) is 5.92. The maximum absolute atomic E-state index is 14.6. The molecule has 0 bridgehead atoms. The third-order valence-corrected chi connectivity index (χ3v) is 5.72. The highest BCUT2D eigenvalue weighted by atomic mass is 19.4. The van der Waals surface area contributed by atoms with Gasteiger partial charge in [-0.3, -0.25) is 4.68 Å². The van der Waals surface area contributed by atoms with Crippen molar-refractivity contribution >= 4 is 16.7 Å². The van der Waals surface area contributed by atoms with E-state index < -0.39 is 34.7 Å². The Kier molecular flexibility index (Phi) is 5.94. The van der Waals surface area contributed by atoms with Gasteiger partial charge in [0.05, 0.1) is 30.3 Å². The van der Waals surface area contributed by atoms with Gasteiger partial charge in [-0.05, 0) is 18.4 Å². The number of ether oxygens (including phenoxy) is 1. The fourth-order valence-corrected chi connectivity index (χ4v) is 4.20. The molecule has 1 atom stereocenters. The van der Waals surface area contributed by atoms with Crippen molar-refractivity contribution in [3.63, 3.8) is 0 Å². The lowest BCUT2D eigenvalue weighted by Gasteiger charge is -2.37. The first kappa shape index (κ1) is 23.2. The van der Waals surface area contributed by atoms with Crippen LogP contribution in [0.3, 0.4) is 0 Å². The lowest BCUT2D eigenvalue weighted by molar-refractivity contribution is -0.140. The quantitative estimate of drug-likeness (QED) is 0.551. The Bertz CT molecular complexity index is 1190. The highest BCUT2D eigenvalue weighted by Gasteiger charge is 2.38. The zero-order valence-corrected chi connectivity index (χ0v) is 18.2. The van der Waals surface area contributed by atoms with E-state index in [4.69, 9.17) is 4.74 Å². The number of phenolic OH excluding ortho intramolecular Hbond substituents is 1. The summed E-state index contributed by atoms with van der Waals surface area (Å²) in [5.74, 6) is -4.21. The molecule has 3 heterocycles. The third-order valence-electron chi connectivity index (χ3n) is 5.72.